The van der Waals surface area contributed by atoms with Gasteiger partial charge < -0.3 is 9.80 Å². The van der Waals surface area contributed by atoms with E-state index in [0.29, 0.717) is 11.4 Å². The van der Waals surface area contributed by atoms with Gasteiger partial charge in [-0.3, -0.25) is 15.2 Å². The average molecular weight is 501 g/mol. The molecular formula is C30H40N6O. The molecular weight excluding hydrogens is 460 g/mol. The maximum Gasteiger partial charge on any atom is 0.286 e. The zero-order valence-electron chi connectivity index (χ0n) is 23.1. The third-order valence-corrected chi connectivity index (χ3v) is 7.64. The monoisotopic (exact) mass is 500 g/mol. The number of aromatic nitrogens is 2. The number of rotatable bonds is 10. The van der Waals surface area contributed by atoms with Crippen molar-refractivity contribution in [3.63, 3.8) is 0 Å². The Morgan fingerprint density at radius 2 is 1.22 bits per heavy atom. The van der Waals surface area contributed by atoms with Gasteiger partial charge in [-0.2, -0.15) is 0 Å². The SMILES string of the molecule is CCc1cc(N(CC)CC)ccc1C1(c2ccc(N(CC)CC)cc2CC)NNC(=O)c2nccnc21. The molecule has 2 aromatic carbocycles. The lowest BCUT2D eigenvalue weighted by Crippen LogP contribution is -2.59. The summed E-state index contributed by atoms with van der Waals surface area (Å²) >= 11 is 0. The Labute approximate surface area is 221 Å². The Morgan fingerprint density at radius 1 is 0.730 bits per heavy atom. The molecule has 196 valence electrons. The Bertz CT molecular complexity index is 1190. The largest absolute Gasteiger partial charge is 0.372 e. The molecule has 37 heavy (non-hydrogen) atoms. The van der Waals surface area contributed by atoms with E-state index in [1.54, 1.807) is 12.4 Å². The van der Waals surface area contributed by atoms with Gasteiger partial charge in [-0.25, -0.2) is 10.4 Å². The van der Waals surface area contributed by atoms with Crippen molar-refractivity contribution in [1.82, 2.24) is 20.8 Å². The van der Waals surface area contributed by atoms with E-state index < -0.39 is 5.54 Å². The lowest BCUT2D eigenvalue weighted by molar-refractivity contribution is 0.0887. The van der Waals surface area contributed by atoms with Crippen LogP contribution in [0.15, 0.2) is 48.8 Å². The van der Waals surface area contributed by atoms with Crippen molar-refractivity contribution in [2.75, 3.05) is 36.0 Å². The summed E-state index contributed by atoms with van der Waals surface area (Å²) in [6.45, 7) is 16.9. The number of hydrogen-bond acceptors (Lipinski definition) is 6. The quantitative estimate of drug-likeness (QED) is 0.415. The zero-order chi connectivity index (χ0) is 26.6. The first kappa shape index (κ1) is 26.6. The smallest absolute Gasteiger partial charge is 0.286 e. The van der Waals surface area contributed by atoms with Crippen molar-refractivity contribution in [2.45, 2.75) is 59.9 Å². The van der Waals surface area contributed by atoms with E-state index in [1.807, 2.05) is 0 Å². The van der Waals surface area contributed by atoms with Crippen LogP contribution in [0.25, 0.3) is 0 Å². The minimum absolute atomic E-state index is 0.269. The highest BCUT2D eigenvalue weighted by Gasteiger charge is 2.47. The fourth-order valence-corrected chi connectivity index (χ4v) is 5.63. The third kappa shape index (κ3) is 4.57. The van der Waals surface area contributed by atoms with Crippen LogP contribution in [0.2, 0.25) is 0 Å². The second-order valence-electron chi connectivity index (χ2n) is 9.32. The highest BCUT2D eigenvalue weighted by atomic mass is 16.2. The fraction of sp³-hybridized carbons (Fsp3) is 0.433. The Balaban J connectivity index is 2.04. The van der Waals surface area contributed by atoms with E-state index in [2.05, 4.69) is 104 Å². The molecule has 0 unspecified atom stereocenters. The Hall–Kier alpha value is -3.45. The van der Waals surface area contributed by atoms with Gasteiger partial charge >= 0.3 is 0 Å². The first-order valence-corrected chi connectivity index (χ1v) is 13.6. The minimum atomic E-state index is -0.877. The maximum absolute atomic E-state index is 12.9. The van der Waals surface area contributed by atoms with Gasteiger partial charge in [-0.15, -0.1) is 0 Å². The number of hydrazine groups is 1. The van der Waals surface area contributed by atoms with Crippen LogP contribution in [0.5, 0.6) is 0 Å². The lowest BCUT2D eigenvalue weighted by Gasteiger charge is -2.41. The highest BCUT2D eigenvalue weighted by Crippen LogP contribution is 2.43. The number of carbonyl (C=O) groups excluding carboxylic acids is 1. The van der Waals surface area contributed by atoms with Gasteiger partial charge in [0.25, 0.3) is 5.91 Å². The summed E-state index contributed by atoms with van der Waals surface area (Å²) in [4.78, 5) is 26.9. The standard InChI is InChI=1S/C30H40N6O/c1-7-21-19-23(35(9-3)10-4)13-15-25(21)30(28-27(29(37)33-34-30)31-17-18-32-28)26-16-14-24(20-22(26)8-2)36(11-5)12-6/h13-20,34H,7-12H2,1-6H3,(H,33,37). The predicted molar refractivity (Wildman–Crippen MR) is 151 cm³/mol. The number of benzene rings is 2. The molecule has 0 radical (unpaired) electrons. The first-order chi connectivity index (χ1) is 18.0. The van der Waals surface area contributed by atoms with E-state index in [-0.39, 0.29) is 5.91 Å². The molecule has 4 rings (SSSR count). The van der Waals surface area contributed by atoms with Gasteiger partial charge in [-0.05, 0) is 87.1 Å². The number of aryl methyl sites for hydroxylation is 2. The van der Waals surface area contributed by atoms with Crippen molar-refractivity contribution in [2.24, 2.45) is 0 Å². The molecule has 1 aliphatic rings. The number of hydrogen-bond donors (Lipinski definition) is 2. The molecule has 1 aromatic heterocycles. The lowest BCUT2D eigenvalue weighted by atomic mass is 9.74. The Kier molecular flexibility index (Phi) is 8.13. The van der Waals surface area contributed by atoms with Crippen molar-refractivity contribution < 1.29 is 4.79 Å². The molecule has 1 amide bonds. The maximum atomic E-state index is 12.9. The molecule has 2 heterocycles. The summed E-state index contributed by atoms with van der Waals surface area (Å²) < 4.78 is 0. The van der Waals surface area contributed by atoms with Gasteiger partial charge in [-0.1, -0.05) is 26.0 Å². The van der Waals surface area contributed by atoms with Crippen LogP contribution < -0.4 is 20.7 Å². The summed E-state index contributed by atoms with van der Waals surface area (Å²) in [5.41, 5.74) is 13.5. The minimum Gasteiger partial charge on any atom is -0.372 e. The van der Waals surface area contributed by atoms with E-state index in [4.69, 9.17) is 4.98 Å². The van der Waals surface area contributed by atoms with Gasteiger partial charge in [0.05, 0.1) is 0 Å². The second kappa shape index (κ2) is 11.3. The van der Waals surface area contributed by atoms with Crippen molar-refractivity contribution in [3.8, 4) is 0 Å². The van der Waals surface area contributed by atoms with E-state index in [9.17, 15) is 4.79 Å². The molecule has 0 bridgehead atoms. The molecule has 0 saturated carbocycles. The summed E-state index contributed by atoms with van der Waals surface area (Å²) in [5, 5.41) is 0. The Morgan fingerprint density at radius 3 is 1.68 bits per heavy atom. The number of anilines is 2. The van der Waals surface area contributed by atoms with E-state index in [0.717, 1.165) is 50.1 Å². The topological polar surface area (TPSA) is 73.4 Å². The van der Waals surface area contributed by atoms with Gasteiger partial charge in [0.15, 0.2) is 5.69 Å². The number of carbonyl (C=O) groups is 1. The molecule has 0 fully saturated rings. The first-order valence-electron chi connectivity index (χ1n) is 13.6. The van der Waals surface area contributed by atoms with Crippen molar-refractivity contribution in [3.05, 3.63) is 82.4 Å². The molecule has 7 heteroatoms. The summed E-state index contributed by atoms with van der Waals surface area (Å²) in [6, 6.07) is 13.4. The number of amides is 1. The van der Waals surface area contributed by atoms with Crippen LogP contribution in [0.4, 0.5) is 11.4 Å². The van der Waals surface area contributed by atoms with Gasteiger partial charge in [0.2, 0.25) is 0 Å². The van der Waals surface area contributed by atoms with Crippen LogP contribution in [-0.4, -0.2) is 42.1 Å². The summed E-state index contributed by atoms with van der Waals surface area (Å²) in [6.07, 6.45) is 4.95. The molecule has 3 aromatic rings. The van der Waals surface area contributed by atoms with Crippen LogP contribution in [0.3, 0.4) is 0 Å². The zero-order valence-corrected chi connectivity index (χ0v) is 23.1. The molecule has 0 spiro atoms. The van der Waals surface area contributed by atoms with Crippen LogP contribution in [0.1, 0.15) is 80.0 Å². The number of nitrogens with zero attached hydrogens (tertiary/aromatic N) is 4. The van der Waals surface area contributed by atoms with Crippen LogP contribution >= 0.6 is 0 Å². The molecule has 0 saturated heterocycles. The summed E-state index contributed by atoms with van der Waals surface area (Å²) in [7, 11) is 0. The van der Waals surface area contributed by atoms with Gasteiger partial charge in [0.1, 0.15) is 11.2 Å². The normalized spacial score (nSPS) is 14.2. The second-order valence-corrected chi connectivity index (χ2v) is 9.32. The van der Waals surface area contributed by atoms with E-state index >= 15 is 0 Å². The molecule has 1 aliphatic heterocycles. The van der Waals surface area contributed by atoms with Crippen LogP contribution in [-0.2, 0) is 18.4 Å². The molecule has 0 aliphatic carbocycles. The molecule has 0 atom stereocenters. The third-order valence-electron chi connectivity index (χ3n) is 7.64. The summed E-state index contributed by atoms with van der Waals surface area (Å²) in [5.74, 6) is -0.269. The fourth-order valence-electron chi connectivity index (χ4n) is 5.63. The average Bonchev–Trinajstić information content (AvgIpc) is 2.95. The molecule has 2 N–H and O–H groups in total. The van der Waals surface area contributed by atoms with Crippen molar-refractivity contribution >= 4 is 17.3 Å². The van der Waals surface area contributed by atoms with Crippen molar-refractivity contribution in [1.29, 1.82) is 0 Å². The van der Waals surface area contributed by atoms with Crippen LogP contribution in [0, 0.1) is 0 Å². The number of fused-ring (bicyclic) bond motifs is 1. The highest BCUT2D eigenvalue weighted by molar-refractivity contribution is 5.95. The van der Waals surface area contributed by atoms with E-state index in [1.165, 1.54) is 22.5 Å². The number of nitrogens with one attached hydrogen (secondary N) is 2. The molecule has 7 nitrogen and oxygen atoms in total. The predicted octanol–water partition coefficient (Wildman–Crippen LogP) is 4.83. The van der Waals surface area contributed by atoms with Gasteiger partial charge in [0, 0.05) is 49.9 Å².